The first-order chi connectivity index (χ1) is 10.4. The molecule has 1 aromatic carbocycles. The summed E-state index contributed by atoms with van der Waals surface area (Å²) in [6, 6.07) is 6.75. The minimum Gasteiger partial charge on any atom is -0.360 e. The minimum absolute atomic E-state index is 0.0824. The summed E-state index contributed by atoms with van der Waals surface area (Å²) in [6.45, 7) is 3.63. The van der Waals surface area contributed by atoms with Gasteiger partial charge in [0.2, 0.25) is 0 Å². The maximum absolute atomic E-state index is 12.3. The molecule has 0 saturated heterocycles. The zero-order valence-electron chi connectivity index (χ0n) is 13.1. The van der Waals surface area contributed by atoms with E-state index in [4.69, 9.17) is 4.52 Å². The molecule has 0 saturated carbocycles. The van der Waals surface area contributed by atoms with Crippen molar-refractivity contribution in [2.45, 2.75) is 20.3 Å². The lowest BCUT2D eigenvalue weighted by molar-refractivity contribution is 0.0827. The second kappa shape index (κ2) is 6.43. The van der Waals surface area contributed by atoms with Crippen molar-refractivity contribution in [1.82, 2.24) is 10.1 Å². The Kier molecular flexibility index (Phi) is 4.60. The molecular weight excluding hydrogens is 282 g/mol. The smallest absolute Gasteiger partial charge is 0.261 e. The minimum atomic E-state index is -0.262. The quantitative estimate of drug-likeness (QED) is 0.941. The first-order valence-corrected chi connectivity index (χ1v) is 7.02. The zero-order valence-corrected chi connectivity index (χ0v) is 13.1. The molecular formula is C16H19N3O3. The van der Waals surface area contributed by atoms with Gasteiger partial charge in [-0.1, -0.05) is 12.1 Å². The molecule has 0 spiro atoms. The van der Waals surface area contributed by atoms with Gasteiger partial charge in [-0.15, -0.1) is 0 Å². The molecule has 1 N–H and O–H groups in total. The van der Waals surface area contributed by atoms with Gasteiger partial charge in [-0.25, -0.2) is 0 Å². The third-order valence-electron chi connectivity index (χ3n) is 3.28. The largest absolute Gasteiger partial charge is 0.360 e. The van der Waals surface area contributed by atoms with E-state index in [0.717, 1.165) is 0 Å². The highest BCUT2D eigenvalue weighted by molar-refractivity contribution is 6.06. The number of amides is 2. The van der Waals surface area contributed by atoms with E-state index in [-0.39, 0.29) is 11.8 Å². The highest BCUT2D eigenvalue weighted by Gasteiger charge is 2.19. The molecule has 116 valence electrons. The average molecular weight is 301 g/mol. The Morgan fingerprint density at radius 1 is 1.23 bits per heavy atom. The first-order valence-electron chi connectivity index (χ1n) is 7.02. The Hall–Kier alpha value is -2.63. The SMILES string of the molecule is CCc1onc(C)c1C(=O)Nc1ccc(C(=O)N(C)C)cc1. The van der Waals surface area contributed by atoms with Crippen LogP contribution in [0.25, 0.3) is 0 Å². The van der Waals surface area contributed by atoms with Crippen molar-refractivity contribution in [2.24, 2.45) is 0 Å². The number of hydrogen-bond acceptors (Lipinski definition) is 4. The summed E-state index contributed by atoms with van der Waals surface area (Å²) >= 11 is 0. The van der Waals surface area contributed by atoms with Crippen molar-refractivity contribution in [2.75, 3.05) is 19.4 Å². The number of aryl methyl sites for hydroxylation is 2. The Balaban J connectivity index is 2.15. The number of benzene rings is 1. The molecule has 0 bridgehead atoms. The van der Waals surface area contributed by atoms with Crippen molar-refractivity contribution in [1.29, 1.82) is 0 Å². The summed E-state index contributed by atoms with van der Waals surface area (Å²) in [5.41, 5.74) is 2.21. The highest BCUT2D eigenvalue weighted by atomic mass is 16.5. The monoisotopic (exact) mass is 301 g/mol. The molecule has 2 rings (SSSR count). The third kappa shape index (κ3) is 3.16. The second-order valence-corrected chi connectivity index (χ2v) is 5.15. The molecule has 0 aliphatic carbocycles. The molecule has 0 aliphatic rings. The molecule has 1 heterocycles. The number of carbonyl (C=O) groups is 2. The van der Waals surface area contributed by atoms with Gasteiger partial charge in [0.1, 0.15) is 11.3 Å². The van der Waals surface area contributed by atoms with E-state index in [1.54, 1.807) is 45.3 Å². The van der Waals surface area contributed by atoms with Crippen LogP contribution in [0, 0.1) is 6.92 Å². The van der Waals surface area contributed by atoms with Gasteiger partial charge in [0.05, 0.1) is 5.69 Å². The Morgan fingerprint density at radius 3 is 2.41 bits per heavy atom. The number of nitrogens with zero attached hydrogens (tertiary/aromatic N) is 2. The second-order valence-electron chi connectivity index (χ2n) is 5.15. The van der Waals surface area contributed by atoms with E-state index < -0.39 is 0 Å². The number of carbonyl (C=O) groups excluding carboxylic acids is 2. The molecule has 1 aromatic heterocycles. The topological polar surface area (TPSA) is 75.4 Å². The molecule has 22 heavy (non-hydrogen) atoms. The summed E-state index contributed by atoms with van der Waals surface area (Å²) in [5, 5.41) is 6.61. The molecule has 0 aliphatic heterocycles. The highest BCUT2D eigenvalue weighted by Crippen LogP contribution is 2.17. The van der Waals surface area contributed by atoms with Crippen LogP contribution in [0.15, 0.2) is 28.8 Å². The Labute approximate surface area is 129 Å². The summed E-state index contributed by atoms with van der Waals surface area (Å²) in [4.78, 5) is 25.6. The summed E-state index contributed by atoms with van der Waals surface area (Å²) < 4.78 is 5.12. The van der Waals surface area contributed by atoms with Crippen LogP contribution in [0.5, 0.6) is 0 Å². The molecule has 2 amide bonds. The lowest BCUT2D eigenvalue weighted by Crippen LogP contribution is -2.21. The summed E-state index contributed by atoms with van der Waals surface area (Å²) in [7, 11) is 3.39. The van der Waals surface area contributed by atoms with E-state index in [0.29, 0.717) is 34.7 Å². The van der Waals surface area contributed by atoms with Gasteiger partial charge in [-0.3, -0.25) is 9.59 Å². The van der Waals surface area contributed by atoms with Gasteiger partial charge in [0.15, 0.2) is 0 Å². The average Bonchev–Trinajstić information content (AvgIpc) is 2.88. The lowest BCUT2D eigenvalue weighted by Gasteiger charge is -2.11. The molecule has 0 fully saturated rings. The zero-order chi connectivity index (χ0) is 16.3. The number of aromatic nitrogens is 1. The van der Waals surface area contributed by atoms with Gasteiger partial charge in [-0.2, -0.15) is 0 Å². The van der Waals surface area contributed by atoms with Gasteiger partial charge in [0, 0.05) is 31.8 Å². The maximum Gasteiger partial charge on any atom is 0.261 e. The fourth-order valence-electron chi connectivity index (χ4n) is 2.10. The fraction of sp³-hybridized carbons (Fsp3) is 0.312. The van der Waals surface area contributed by atoms with E-state index >= 15 is 0 Å². The van der Waals surface area contributed by atoms with Crippen LogP contribution >= 0.6 is 0 Å². The standard InChI is InChI=1S/C16H19N3O3/c1-5-13-14(10(2)18-22-13)15(20)17-12-8-6-11(7-9-12)16(21)19(3)4/h6-9H,5H2,1-4H3,(H,17,20). The van der Waals surface area contributed by atoms with Crippen LogP contribution in [0.4, 0.5) is 5.69 Å². The molecule has 2 aromatic rings. The molecule has 0 unspecified atom stereocenters. The number of rotatable bonds is 4. The van der Waals surface area contributed by atoms with Crippen molar-refractivity contribution in [3.63, 3.8) is 0 Å². The van der Waals surface area contributed by atoms with Gasteiger partial charge >= 0.3 is 0 Å². The van der Waals surface area contributed by atoms with Gasteiger partial charge in [0.25, 0.3) is 11.8 Å². The molecule has 0 radical (unpaired) electrons. The van der Waals surface area contributed by atoms with Crippen molar-refractivity contribution in [3.05, 3.63) is 46.8 Å². The molecule has 6 nitrogen and oxygen atoms in total. The molecule has 0 atom stereocenters. The van der Waals surface area contributed by atoms with Crippen molar-refractivity contribution < 1.29 is 14.1 Å². The van der Waals surface area contributed by atoms with Crippen molar-refractivity contribution >= 4 is 17.5 Å². The van der Waals surface area contributed by atoms with Gasteiger partial charge in [-0.05, 0) is 31.2 Å². The maximum atomic E-state index is 12.3. The molecule has 6 heteroatoms. The predicted molar refractivity (Wildman–Crippen MR) is 83.0 cm³/mol. The summed E-state index contributed by atoms with van der Waals surface area (Å²) in [5.74, 6) is 0.220. The normalized spacial score (nSPS) is 10.4. The van der Waals surface area contributed by atoms with Crippen LogP contribution in [0.3, 0.4) is 0 Å². The predicted octanol–water partition coefficient (Wildman–Crippen LogP) is 2.50. The number of anilines is 1. The Morgan fingerprint density at radius 2 is 1.86 bits per heavy atom. The van der Waals surface area contributed by atoms with Crippen LogP contribution < -0.4 is 5.32 Å². The van der Waals surface area contributed by atoms with Crippen LogP contribution in [-0.4, -0.2) is 36.0 Å². The van der Waals surface area contributed by atoms with E-state index in [2.05, 4.69) is 10.5 Å². The summed E-state index contributed by atoms with van der Waals surface area (Å²) in [6.07, 6.45) is 0.597. The lowest BCUT2D eigenvalue weighted by atomic mass is 10.1. The van der Waals surface area contributed by atoms with Crippen LogP contribution in [0.1, 0.15) is 39.1 Å². The van der Waals surface area contributed by atoms with E-state index in [9.17, 15) is 9.59 Å². The van der Waals surface area contributed by atoms with Crippen LogP contribution in [0.2, 0.25) is 0 Å². The third-order valence-corrected chi connectivity index (χ3v) is 3.28. The first kappa shape index (κ1) is 15.8. The van der Waals surface area contributed by atoms with Gasteiger partial charge < -0.3 is 14.7 Å². The fourth-order valence-corrected chi connectivity index (χ4v) is 2.10. The number of nitrogens with one attached hydrogen (secondary N) is 1. The number of hydrogen-bond donors (Lipinski definition) is 1. The van der Waals surface area contributed by atoms with E-state index in [1.165, 1.54) is 4.90 Å². The van der Waals surface area contributed by atoms with Crippen LogP contribution in [-0.2, 0) is 6.42 Å². The van der Waals surface area contributed by atoms with E-state index in [1.807, 2.05) is 6.92 Å². The Bertz CT molecular complexity index is 687. The van der Waals surface area contributed by atoms with Crippen molar-refractivity contribution in [3.8, 4) is 0 Å².